The van der Waals surface area contributed by atoms with E-state index in [1.165, 1.54) is 11.3 Å². The van der Waals surface area contributed by atoms with Crippen LogP contribution in [-0.4, -0.2) is 24.6 Å². The molecule has 0 aromatic carbocycles. The van der Waals surface area contributed by atoms with Crippen molar-refractivity contribution in [3.63, 3.8) is 0 Å². The summed E-state index contributed by atoms with van der Waals surface area (Å²) in [4.78, 5) is 6.47. The monoisotopic (exact) mass is 259 g/mol. The first-order valence-corrected chi connectivity index (χ1v) is 7.01. The summed E-state index contributed by atoms with van der Waals surface area (Å²) < 4.78 is 0. The van der Waals surface area contributed by atoms with Crippen molar-refractivity contribution in [2.24, 2.45) is 5.92 Å². The zero-order valence-electron chi connectivity index (χ0n) is 12.3. The lowest BCUT2D eigenvalue weighted by molar-refractivity contribution is 0.551. The first-order chi connectivity index (χ1) is 9.19. The Morgan fingerprint density at radius 2 is 2.26 bits per heavy atom. The van der Waals surface area contributed by atoms with Gasteiger partial charge in [0.2, 0.25) is 0 Å². The molecule has 1 N–H and O–H groups in total. The maximum absolute atomic E-state index is 5.46. The van der Waals surface area contributed by atoms with E-state index in [9.17, 15) is 0 Å². The van der Waals surface area contributed by atoms with E-state index in [2.05, 4.69) is 48.0 Å². The summed E-state index contributed by atoms with van der Waals surface area (Å²) in [6, 6.07) is 2.05. The van der Waals surface area contributed by atoms with Gasteiger partial charge in [0.15, 0.2) is 0 Å². The molecule has 1 aromatic rings. The van der Waals surface area contributed by atoms with E-state index in [1.807, 2.05) is 12.4 Å². The van der Waals surface area contributed by atoms with Crippen molar-refractivity contribution in [2.45, 2.75) is 33.7 Å². The lowest BCUT2D eigenvalue weighted by atomic mass is 10.2. The zero-order chi connectivity index (χ0) is 14.1. The third-order valence-electron chi connectivity index (χ3n) is 2.86. The van der Waals surface area contributed by atoms with E-state index >= 15 is 0 Å². The summed E-state index contributed by atoms with van der Waals surface area (Å²) in [6.07, 6.45) is 10.3. The number of nitrogens with zero attached hydrogens (tertiary/aromatic N) is 2. The minimum atomic E-state index is 0.648. The number of terminal acetylenes is 1. The second kappa shape index (κ2) is 8.55. The Balaban J connectivity index is 2.78. The minimum Gasteiger partial charge on any atom is -0.360 e. The zero-order valence-corrected chi connectivity index (χ0v) is 12.3. The second-order valence-electron chi connectivity index (χ2n) is 5.15. The molecule has 0 aliphatic heterocycles. The minimum absolute atomic E-state index is 0.648. The molecule has 0 bridgehead atoms. The first kappa shape index (κ1) is 15.5. The van der Waals surface area contributed by atoms with Gasteiger partial charge in [-0.15, -0.1) is 6.42 Å². The highest BCUT2D eigenvalue weighted by Crippen LogP contribution is 2.19. The van der Waals surface area contributed by atoms with Crippen LogP contribution in [-0.2, 0) is 6.54 Å². The molecule has 0 aliphatic rings. The average molecular weight is 259 g/mol. The lowest BCUT2D eigenvalue weighted by Gasteiger charge is -2.24. The molecule has 0 saturated heterocycles. The van der Waals surface area contributed by atoms with Crippen LogP contribution < -0.4 is 10.2 Å². The molecule has 0 saturated carbocycles. The quantitative estimate of drug-likeness (QED) is 0.728. The first-order valence-electron chi connectivity index (χ1n) is 7.01. The maximum atomic E-state index is 5.46. The number of aromatic nitrogens is 1. The van der Waals surface area contributed by atoms with E-state index in [4.69, 9.17) is 6.42 Å². The van der Waals surface area contributed by atoms with Gasteiger partial charge in [-0.05, 0) is 24.9 Å². The van der Waals surface area contributed by atoms with Crippen LogP contribution in [0.4, 0.5) is 5.69 Å². The fraction of sp³-hybridized carbons (Fsp3) is 0.562. The molecular formula is C16H25N3. The van der Waals surface area contributed by atoms with Gasteiger partial charge in [-0.1, -0.05) is 26.7 Å². The SMILES string of the molecule is C#CCN(CCC)c1ccncc1CNCC(C)C. The molecule has 1 heterocycles. The molecule has 1 rings (SSSR count). The van der Waals surface area contributed by atoms with Crippen LogP contribution in [0.15, 0.2) is 18.5 Å². The molecule has 0 unspecified atom stereocenters. The Morgan fingerprint density at radius 3 is 2.89 bits per heavy atom. The fourth-order valence-corrected chi connectivity index (χ4v) is 2.02. The Morgan fingerprint density at radius 1 is 1.47 bits per heavy atom. The fourth-order valence-electron chi connectivity index (χ4n) is 2.02. The van der Waals surface area contributed by atoms with E-state index in [1.54, 1.807) is 0 Å². The summed E-state index contributed by atoms with van der Waals surface area (Å²) in [5, 5.41) is 3.46. The Hall–Kier alpha value is -1.53. The Bertz CT molecular complexity index is 407. The van der Waals surface area contributed by atoms with Gasteiger partial charge in [-0.2, -0.15) is 0 Å². The highest BCUT2D eigenvalue weighted by atomic mass is 15.1. The maximum Gasteiger partial charge on any atom is 0.0791 e. The van der Waals surface area contributed by atoms with E-state index in [0.29, 0.717) is 12.5 Å². The summed E-state index contributed by atoms with van der Waals surface area (Å²) in [5.41, 5.74) is 2.41. The van der Waals surface area contributed by atoms with Crippen molar-refractivity contribution in [3.05, 3.63) is 24.0 Å². The number of nitrogens with one attached hydrogen (secondary N) is 1. The topological polar surface area (TPSA) is 28.2 Å². The summed E-state index contributed by atoms with van der Waals surface area (Å²) in [6.45, 7) is 10.1. The summed E-state index contributed by atoms with van der Waals surface area (Å²) in [7, 11) is 0. The highest BCUT2D eigenvalue weighted by molar-refractivity contribution is 5.53. The van der Waals surface area contributed by atoms with Gasteiger partial charge in [0.25, 0.3) is 0 Å². The van der Waals surface area contributed by atoms with Crippen LogP contribution >= 0.6 is 0 Å². The summed E-state index contributed by atoms with van der Waals surface area (Å²) in [5.74, 6) is 3.39. The van der Waals surface area contributed by atoms with Crippen LogP contribution in [0.3, 0.4) is 0 Å². The predicted molar refractivity (Wildman–Crippen MR) is 82.1 cm³/mol. The second-order valence-corrected chi connectivity index (χ2v) is 5.15. The molecule has 3 heteroatoms. The average Bonchev–Trinajstić information content (AvgIpc) is 2.39. The van der Waals surface area contributed by atoms with Crippen LogP contribution in [0.5, 0.6) is 0 Å². The number of hydrogen-bond acceptors (Lipinski definition) is 3. The van der Waals surface area contributed by atoms with Crippen molar-refractivity contribution in [3.8, 4) is 12.3 Å². The third-order valence-corrected chi connectivity index (χ3v) is 2.86. The molecule has 19 heavy (non-hydrogen) atoms. The van der Waals surface area contributed by atoms with Gasteiger partial charge in [0.1, 0.15) is 0 Å². The van der Waals surface area contributed by atoms with E-state index < -0.39 is 0 Å². The molecule has 104 valence electrons. The third kappa shape index (κ3) is 5.32. The van der Waals surface area contributed by atoms with E-state index in [-0.39, 0.29) is 0 Å². The Kier molecular flexibility index (Phi) is 6.99. The smallest absolute Gasteiger partial charge is 0.0791 e. The van der Waals surface area contributed by atoms with Crippen molar-refractivity contribution >= 4 is 5.69 Å². The molecule has 0 atom stereocenters. The number of rotatable bonds is 8. The number of pyridine rings is 1. The van der Waals surface area contributed by atoms with Gasteiger partial charge >= 0.3 is 0 Å². The molecule has 0 amide bonds. The van der Waals surface area contributed by atoms with E-state index in [0.717, 1.165) is 26.1 Å². The molecular weight excluding hydrogens is 234 g/mol. The number of anilines is 1. The normalized spacial score (nSPS) is 10.5. The van der Waals surface area contributed by atoms with Gasteiger partial charge in [0, 0.05) is 36.7 Å². The molecule has 0 spiro atoms. The van der Waals surface area contributed by atoms with Gasteiger partial charge in [-0.3, -0.25) is 4.98 Å². The predicted octanol–water partition coefficient (Wildman–Crippen LogP) is 2.68. The van der Waals surface area contributed by atoms with Crippen LogP contribution in [0.2, 0.25) is 0 Å². The van der Waals surface area contributed by atoms with Crippen LogP contribution in [0, 0.1) is 18.3 Å². The van der Waals surface area contributed by atoms with Crippen molar-refractivity contribution < 1.29 is 0 Å². The standard InChI is InChI=1S/C16H25N3/c1-5-9-19(10-6-2)16-7-8-17-12-15(16)13-18-11-14(3)4/h1,7-8,12,14,18H,6,9-11,13H2,2-4H3. The van der Waals surface area contributed by atoms with Crippen LogP contribution in [0.1, 0.15) is 32.8 Å². The summed E-state index contributed by atoms with van der Waals surface area (Å²) >= 11 is 0. The van der Waals surface area contributed by atoms with Crippen LogP contribution in [0.25, 0.3) is 0 Å². The van der Waals surface area contributed by atoms with Gasteiger partial charge in [-0.25, -0.2) is 0 Å². The molecule has 0 radical (unpaired) electrons. The molecule has 1 aromatic heterocycles. The van der Waals surface area contributed by atoms with Crippen molar-refractivity contribution in [1.82, 2.24) is 10.3 Å². The van der Waals surface area contributed by atoms with Gasteiger partial charge < -0.3 is 10.2 Å². The largest absolute Gasteiger partial charge is 0.360 e. The van der Waals surface area contributed by atoms with Gasteiger partial charge in [0.05, 0.1) is 6.54 Å². The lowest BCUT2D eigenvalue weighted by Crippen LogP contribution is -2.27. The highest BCUT2D eigenvalue weighted by Gasteiger charge is 2.09. The Labute approximate surface area is 117 Å². The molecule has 0 fully saturated rings. The molecule has 0 aliphatic carbocycles. The van der Waals surface area contributed by atoms with Crippen molar-refractivity contribution in [1.29, 1.82) is 0 Å². The van der Waals surface area contributed by atoms with Crippen molar-refractivity contribution in [2.75, 3.05) is 24.5 Å². The molecule has 3 nitrogen and oxygen atoms in total. The number of hydrogen-bond donors (Lipinski definition) is 1.